The molecular weight excluding hydrogens is 418 g/mol. The maximum absolute atomic E-state index is 13.1. The van der Waals surface area contributed by atoms with Crippen molar-refractivity contribution in [1.82, 2.24) is 9.88 Å². The number of likely N-dealkylation sites (tertiary alicyclic amines) is 1. The third-order valence-corrected chi connectivity index (χ3v) is 5.23. The predicted molar refractivity (Wildman–Crippen MR) is 120 cm³/mol. The lowest BCUT2D eigenvalue weighted by molar-refractivity contribution is -0.121. The van der Waals surface area contributed by atoms with E-state index >= 15 is 0 Å². The molecule has 1 aliphatic rings. The number of carbonyl (C=O) groups excluding carboxylic acids is 2. The fraction of sp³-hybridized carbons (Fsp3) is 0.435. The highest BCUT2D eigenvalue weighted by molar-refractivity contribution is 6.30. The molecule has 1 fully saturated rings. The van der Waals surface area contributed by atoms with E-state index in [9.17, 15) is 9.59 Å². The first kappa shape index (κ1) is 22.9. The van der Waals surface area contributed by atoms with Crippen molar-refractivity contribution in [2.45, 2.75) is 33.1 Å². The fourth-order valence-corrected chi connectivity index (χ4v) is 3.59. The largest absolute Gasteiger partial charge is 0.490 e. The molecule has 31 heavy (non-hydrogen) atoms. The number of nitrogens with zero attached hydrogens (tertiary/aromatic N) is 2. The van der Waals surface area contributed by atoms with Crippen molar-refractivity contribution in [3.05, 3.63) is 47.1 Å². The van der Waals surface area contributed by atoms with Crippen LogP contribution in [0.1, 0.15) is 43.5 Å². The Kier molecular flexibility index (Phi) is 8.12. The monoisotopic (exact) mass is 445 g/mol. The second-order valence-electron chi connectivity index (χ2n) is 7.38. The molecule has 0 spiro atoms. The maximum atomic E-state index is 13.1. The molecule has 1 aromatic carbocycles. The summed E-state index contributed by atoms with van der Waals surface area (Å²) < 4.78 is 11.4. The first-order valence-electron chi connectivity index (χ1n) is 10.6. The third kappa shape index (κ3) is 6.10. The zero-order valence-corrected chi connectivity index (χ0v) is 18.7. The molecule has 1 aromatic heterocycles. The van der Waals surface area contributed by atoms with Crippen LogP contribution < -0.4 is 14.8 Å². The molecule has 0 radical (unpaired) electrons. The third-order valence-electron chi connectivity index (χ3n) is 5.01. The smallest absolute Gasteiger partial charge is 0.254 e. The summed E-state index contributed by atoms with van der Waals surface area (Å²) in [6, 6.07) is 8.57. The van der Waals surface area contributed by atoms with Crippen LogP contribution in [-0.2, 0) is 4.79 Å². The SMILES string of the molecule is CCCOc1ccc(C(=O)N2CCCC(C(=O)Nc3ccc(Cl)cn3)C2)cc1OCC. The van der Waals surface area contributed by atoms with Gasteiger partial charge in [-0.1, -0.05) is 18.5 Å². The van der Waals surface area contributed by atoms with Gasteiger partial charge in [-0.25, -0.2) is 4.98 Å². The normalized spacial score (nSPS) is 16.0. The average molecular weight is 446 g/mol. The number of aromatic nitrogens is 1. The summed E-state index contributed by atoms with van der Waals surface area (Å²) in [5, 5.41) is 3.31. The van der Waals surface area contributed by atoms with Gasteiger partial charge in [0.1, 0.15) is 5.82 Å². The molecule has 1 saturated heterocycles. The van der Waals surface area contributed by atoms with Gasteiger partial charge in [-0.05, 0) is 56.5 Å². The van der Waals surface area contributed by atoms with E-state index in [-0.39, 0.29) is 17.7 Å². The van der Waals surface area contributed by atoms with Crippen LogP contribution in [0.3, 0.4) is 0 Å². The van der Waals surface area contributed by atoms with Gasteiger partial charge in [0.05, 0.1) is 24.2 Å². The highest BCUT2D eigenvalue weighted by atomic mass is 35.5. The highest BCUT2D eigenvalue weighted by Crippen LogP contribution is 2.30. The lowest BCUT2D eigenvalue weighted by atomic mass is 9.96. The van der Waals surface area contributed by atoms with Gasteiger partial charge in [0.15, 0.2) is 11.5 Å². The fourth-order valence-electron chi connectivity index (χ4n) is 3.48. The molecular formula is C23H28ClN3O4. The number of amides is 2. The summed E-state index contributed by atoms with van der Waals surface area (Å²) >= 11 is 5.84. The van der Waals surface area contributed by atoms with Gasteiger partial charge in [0.25, 0.3) is 5.91 Å². The van der Waals surface area contributed by atoms with Crippen LogP contribution in [0.15, 0.2) is 36.5 Å². The standard InChI is InChI=1S/C23H28ClN3O4/c1-3-12-31-19-9-7-16(13-20(19)30-4-2)23(29)27-11-5-6-17(15-27)22(28)26-21-10-8-18(24)14-25-21/h7-10,13-14,17H,3-6,11-12,15H2,1-2H3,(H,25,26,28). The topological polar surface area (TPSA) is 80.8 Å². The summed E-state index contributed by atoms with van der Waals surface area (Å²) in [6.45, 7) is 5.95. The summed E-state index contributed by atoms with van der Waals surface area (Å²) in [5.74, 6) is 1.07. The summed E-state index contributed by atoms with van der Waals surface area (Å²) in [6.07, 6.45) is 3.85. The lowest BCUT2D eigenvalue weighted by Crippen LogP contribution is -2.43. The van der Waals surface area contributed by atoms with Gasteiger partial charge in [-0.15, -0.1) is 0 Å². The Hall–Kier alpha value is -2.80. The van der Waals surface area contributed by atoms with E-state index in [0.29, 0.717) is 54.2 Å². The number of hydrogen-bond donors (Lipinski definition) is 1. The number of carbonyl (C=O) groups is 2. The number of benzene rings is 1. The second-order valence-corrected chi connectivity index (χ2v) is 7.82. The molecule has 1 N–H and O–H groups in total. The highest BCUT2D eigenvalue weighted by Gasteiger charge is 2.29. The average Bonchev–Trinajstić information content (AvgIpc) is 2.79. The molecule has 0 aliphatic carbocycles. The van der Waals surface area contributed by atoms with Crippen molar-refractivity contribution in [1.29, 1.82) is 0 Å². The van der Waals surface area contributed by atoms with E-state index in [2.05, 4.69) is 10.3 Å². The van der Waals surface area contributed by atoms with Gasteiger partial charge in [-0.3, -0.25) is 9.59 Å². The molecule has 1 atom stereocenters. The Morgan fingerprint density at radius 1 is 1.19 bits per heavy atom. The Labute approximate surface area is 187 Å². The van der Waals surface area contributed by atoms with E-state index in [4.69, 9.17) is 21.1 Å². The number of piperidine rings is 1. The number of pyridine rings is 1. The van der Waals surface area contributed by atoms with Crippen LogP contribution in [-0.4, -0.2) is 48.0 Å². The quantitative estimate of drug-likeness (QED) is 0.650. The van der Waals surface area contributed by atoms with E-state index in [1.165, 1.54) is 6.20 Å². The zero-order valence-electron chi connectivity index (χ0n) is 17.9. The van der Waals surface area contributed by atoms with Gasteiger partial charge in [0.2, 0.25) is 5.91 Å². The van der Waals surface area contributed by atoms with Crippen LogP contribution in [0.2, 0.25) is 5.02 Å². The van der Waals surface area contributed by atoms with Gasteiger partial charge in [-0.2, -0.15) is 0 Å². The zero-order chi connectivity index (χ0) is 22.2. The Bertz CT molecular complexity index is 904. The number of ether oxygens (including phenoxy) is 2. The minimum atomic E-state index is -0.297. The Morgan fingerprint density at radius 3 is 2.74 bits per heavy atom. The van der Waals surface area contributed by atoms with Crippen molar-refractivity contribution in [3.63, 3.8) is 0 Å². The van der Waals surface area contributed by atoms with Crippen LogP contribution >= 0.6 is 11.6 Å². The number of nitrogens with one attached hydrogen (secondary N) is 1. The summed E-state index contributed by atoms with van der Waals surface area (Å²) in [7, 11) is 0. The molecule has 166 valence electrons. The van der Waals surface area contributed by atoms with Crippen molar-refractivity contribution in [2.75, 3.05) is 31.6 Å². The first-order valence-corrected chi connectivity index (χ1v) is 11.0. The van der Waals surface area contributed by atoms with Gasteiger partial charge < -0.3 is 19.7 Å². The molecule has 2 amide bonds. The van der Waals surface area contributed by atoms with Crippen LogP contribution in [0, 0.1) is 5.92 Å². The van der Waals surface area contributed by atoms with Crippen LogP contribution in [0.5, 0.6) is 11.5 Å². The summed E-state index contributed by atoms with van der Waals surface area (Å²) in [5.41, 5.74) is 0.521. The first-order chi connectivity index (χ1) is 15.0. The molecule has 3 rings (SSSR count). The molecule has 8 heteroatoms. The predicted octanol–water partition coefficient (Wildman–Crippen LogP) is 4.41. The maximum Gasteiger partial charge on any atom is 0.254 e. The van der Waals surface area contributed by atoms with E-state index in [1.807, 2.05) is 13.8 Å². The van der Waals surface area contributed by atoms with E-state index in [0.717, 1.165) is 19.3 Å². The van der Waals surface area contributed by atoms with Crippen molar-refractivity contribution >= 4 is 29.2 Å². The molecule has 2 heterocycles. The van der Waals surface area contributed by atoms with Gasteiger partial charge in [0, 0.05) is 24.8 Å². The molecule has 2 aromatic rings. The molecule has 1 unspecified atom stereocenters. The van der Waals surface area contributed by atoms with E-state index < -0.39 is 0 Å². The molecule has 1 aliphatic heterocycles. The number of anilines is 1. The Balaban J connectivity index is 1.67. The van der Waals surface area contributed by atoms with Gasteiger partial charge >= 0.3 is 0 Å². The Morgan fingerprint density at radius 2 is 2.03 bits per heavy atom. The second kappa shape index (κ2) is 11.0. The van der Waals surface area contributed by atoms with Crippen molar-refractivity contribution in [3.8, 4) is 11.5 Å². The number of hydrogen-bond acceptors (Lipinski definition) is 5. The summed E-state index contributed by atoms with van der Waals surface area (Å²) in [4.78, 5) is 31.6. The molecule has 7 nitrogen and oxygen atoms in total. The van der Waals surface area contributed by atoms with E-state index in [1.54, 1.807) is 35.2 Å². The van der Waals surface area contributed by atoms with Crippen molar-refractivity contribution in [2.24, 2.45) is 5.92 Å². The number of rotatable bonds is 8. The molecule has 0 saturated carbocycles. The number of halogens is 1. The van der Waals surface area contributed by atoms with Crippen molar-refractivity contribution < 1.29 is 19.1 Å². The minimum Gasteiger partial charge on any atom is -0.490 e. The minimum absolute atomic E-state index is 0.120. The van der Waals surface area contributed by atoms with Crippen LogP contribution in [0.4, 0.5) is 5.82 Å². The van der Waals surface area contributed by atoms with Crippen LogP contribution in [0.25, 0.3) is 0 Å². The lowest BCUT2D eigenvalue weighted by Gasteiger charge is -2.32. The molecule has 0 bridgehead atoms.